The molecule has 0 saturated heterocycles. The Balaban J connectivity index is 1.65. The van der Waals surface area contributed by atoms with E-state index in [-0.39, 0.29) is 0 Å². The number of aromatic nitrogens is 1. The van der Waals surface area contributed by atoms with Gasteiger partial charge in [-0.3, -0.25) is 0 Å². The third-order valence-electron chi connectivity index (χ3n) is 6.59. The second-order valence-electron chi connectivity index (χ2n) is 9.19. The minimum Gasteiger partial charge on any atom is -0.493 e. The number of rotatable bonds is 9. The van der Waals surface area contributed by atoms with Crippen molar-refractivity contribution in [3.8, 4) is 35.1 Å². The standard InChI is InChI=1S/C29H30N4O3S/c1-7-23(26-9-8-14-37-26)36-31-29-20-17-25(35-6)24(34-5)16-19(20)28-27(29)21-15-18(10-11-22(21)30-28)33(4)13-12-32(2)3/h1,8-11,14-17,23,30H,12-13H2,2-6H3/b31-29-. The van der Waals surface area contributed by atoms with Crippen molar-refractivity contribution in [2.75, 3.05) is 53.4 Å². The second-order valence-corrected chi connectivity index (χ2v) is 10.2. The van der Waals surface area contributed by atoms with Crippen LogP contribution in [0.4, 0.5) is 5.69 Å². The summed E-state index contributed by atoms with van der Waals surface area (Å²) in [6.07, 6.45) is 5.23. The van der Waals surface area contributed by atoms with E-state index in [1.54, 1.807) is 25.6 Å². The van der Waals surface area contributed by atoms with Crippen LogP contribution in [-0.2, 0) is 4.84 Å². The van der Waals surface area contributed by atoms with E-state index in [1.165, 1.54) is 0 Å². The van der Waals surface area contributed by atoms with Crippen molar-refractivity contribution >= 4 is 33.6 Å². The molecule has 2 aromatic heterocycles. The van der Waals surface area contributed by atoms with Crippen molar-refractivity contribution < 1.29 is 14.3 Å². The molecule has 0 spiro atoms. The zero-order valence-electron chi connectivity index (χ0n) is 21.7. The van der Waals surface area contributed by atoms with Crippen LogP contribution in [0.15, 0.2) is 53.0 Å². The van der Waals surface area contributed by atoms with E-state index in [2.05, 4.69) is 65.2 Å². The zero-order valence-corrected chi connectivity index (χ0v) is 22.5. The molecule has 8 heteroatoms. The normalized spacial score (nSPS) is 13.9. The molecule has 0 amide bonds. The predicted octanol–water partition coefficient (Wildman–Crippen LogP) is 5.37. The molecule has 0 radical (unpaired) electrons. The van der Waals surface area contributed by atoms with Gasteiger partial charge in [0.1, 0.15) is 5.71 Å². The molecule has 0 aliphatic heterocycles. The summed E-state index contributed by atoms with van der Waals surface area (Å²) in [6.45, 7) is 1.87. The molecule has 5 rings (SSSR count). The Kier molecular flexibility index (Phi) is 6.83. The molecule has 0 fully saturated rings. The Morgan fingerprint density at radius 1 is 1.03 bits per heavy atom. The van der Waals surface area contributed by atoms with Crippen LogP contribution >= 0.6 is 11.3 Å². The van der Waals surface area contributed by atoms with Gasteiger partial charge in [-0.15, -0.1) is 17.8 Å². The highest BCUT2D eigenvalue weighted by Gasteiger charge is 2.32. The number of likely N-dealkylation sites (N-methyl/N-ethyl adjacent to an activating group) is 2. The van der Waals surface area contributed by atoms with Crippen molar-refractivity contribution in [1.82, 2.24) is 9.88 Å². The lowest BCUT2D eigenvalue weighted by Crippen LogP contribution is -2.28. The highest BCUT2D eigenvalue weighted by atomic mass is 32.1. The Labute approximate surface area is 221 Å². The smallest absolute Gasteiger partial charge is 0.221 e. The summed E-state index contributed by atoms with van der Waals surface area (Å²) in [5.74, 6) is 3.99. The van der Waals surface area contributed by atoms with Gasteiger partial charge in [0.25, 0.3) is 0 Å². The van der Waals surface area contributed by atoms with Gasteiger partial charge in [-0.05, 0) is 55.9 Å². The number of methoxy groups -OCH3 is 2. The Morgan fingerprint density at radius 2 is 1.78 bits per heavy atom. The number of thiophene rings is 1. The molecule has 7 nitrogen and oxygen atoms in total. The predicted molar refractivity (Wildman–Crippen MR) is 151 cm³/mol. The van der Waals surface area contributed by atoms with Crippen molar-refractivity contribution in [1.29, 1.82) is 0 Å². The minimum absolute atomic E-state index is 0.571. The largest absolute Gasteiger partial charge is 0.493 e. The van der Waals surface area contributed by atoms with Gasteiger partial charge in [-0.1, -0.05) is 17.1 Å². The fraction of sp³-hybridized carbons (Fsp3) is 0.276. The molecule has 1 aliphatic carbocycles. The molecule has 0 bridgehead atoms. The van der Waals surface area contributed by atoms with Gasteiger partial charge in [0.2, 0.25) is 6.10 Å². The summed E-state index contributed by atoms with van der Waals surface area (Å²) in [5, 5.41) is 7.70. The first-order chi connectivity index (χ1) is 17.9. The molecule has 1 unspecified atom stereocenters. The fourth-order valence-electron chi connectivity index (χ4n) is 4.57. The highest BCUT2D eigenvalue weighted by Crippen LogP contribution is 2.46. The summed E-state index contributed by atoms with van der Waals surface area (Å²) in [5.41, 5.74) is 6.68. The van der Waals surface area contributed by atoms with Crippen LogP contribution in [-0.4, -0.2) is 64.0 Å². The third-order valence-corrected chi connectivity index (χ3v) is 7.51. The molecule has 1 aliphatic rings. The number of oxime groups is 1. The first kappa shape index (κ1) is 24.8. The van der Waals surface area contributed by atoms with Gasteiger partial charge in [0.05, 0.1) is 24.8 Å². The molecule has 4 aromatic rings. The second kappa shape index (κ2) is 10.2. The maximum atomic E-state index is 5.98. The Hall–Kier alpha value is -3.93. The quantitative estimate of drug-likeness (QED) is 0.212. The lowest BCUT2D eigenvalue weighted by Gasteiger charge is -2.21. The van der Waals surface area contributed by atoms with Gasteiger partial charge < -0.3 is 29.1 Å². The monoisotopic (exact) mass is 514 g/mol. The molecular weight excluding hydrogens is 484 g/mol. The van der Waals surface area contributed by atoms with Crippen molar-refractivity contribution in [3.63, 3.8) is 0 Å². The van der Waals surface area contributed by atoms with Crippen LogP contribution in [0, 0.1) is 12.3 Å². The summed E-state index contributed by atoms with van der Waals surface area (Å²) in [6, 6.07) is 14.3. The first-order valence-corrected chi connectivity index (χ1v) is 12.8. The zero-order chi connectivity index (χ0) is 26.1. The van der Waals surface area contributed by atoms with Crippen LogP contribution in [0.1, 0.15) is 22.1 Å². The van der Waals surface area contributed by atoms with Crippen LogP contribution in [0.25, 0.3) is 22.2 Å². The van der Waals surface area contributed by atoms with E-state index in [0.717, 1.165) is 56.9 Å². The highest BCUT2D eigenvalue weighted by molar-refractivity contribution is 7.10. The van der Waals surface area contributed by atoms with Crippen LogP contribution in [0.3, 0.4) is 0 Å². The van der Waals surface area contributed by atoms with Gasteiger partial charge in [0.15, 0.2) is 11.5 Å². The summed E-state index contributed by atoms with van der Waals surface area (Å²) >= 11 is 1.55. The maximum Gasteiger partial charge on any atom is 0.221 e. The van der Waals surface area contributed by atoms with E-state index < -0.39 is 6.10 Å². The van der Waals surface area contributed by atoms with E-state index >= 15 is 0 Å². The first-order valence-electron chi connectivity index (χ1n) is 12.0. The number of fused-ring (bicyclic) bond motifs is 5. The summed E-state index contributed by atoms with van der Waals surface area (Å²) < 4.78 is 11.2. The van der Waals surface area contributed by atoms with E-state index in [4.69, 9.17) is 20.7 Å². The van der Waals surface area contributed by atoms with Crippen LogP contribution < -0.4 is 14.4 Å². The van der Waals surface area contributed by atoms with E-state index in [1.807, 2.05) is 29.6 Å². The fourth-order valence-corrected chi connectivity index (χ4v) is 5.27. The lowest BCUT2D eigenvalue weighted by atomic mass is 10.0. The number of nitrogens with one attached hydrogen (secondary N) is 1. The van der Waals surface area contributed by atoms with Crippen molar-refractivity contribution in [3.05, 3.63) is 63.8 Å². The van der Waals surface area contributed by atoms with Gasteiger partial charge >= 0.3 is 0 Å². The number of hydrogen-bond donors (Lipinski definition) is 1. The molecule has 1 N–H and O–H groups in total. The maximum absolute atomic E-state index is 5.98. The van der Waals surface area contributed by atoms with E-state index in [9.17, 15) is 0 Å². The average Bonchev–Trinajstić information content (AvgIpc) is 3.63. The molecular formula is C29H30N4O3S. The number of anilines is 1. The molecule has 190 valence electrons. The third kappa shape index (κ3) is 4.52. The average molecular weight is 515 g/mol. The number of terminal acetylenes is 1. The lowest BCUT2D eigenvalue weighted by molar-refractivity contribution is 0.103. The van der Waals surface area contributed by atoms with Crippen LogP contribution in [0.2, 0.25) is 0 Å². The molecule has 2 aromatic carbocycles. The van der Waals surface area contributed by atoms with E-state index in [0.29, 0.717) is 17.2 Å². The molecule has 0 saturated carbocycles. The minimum atomic E-state index is -0.571. The SMILES string of the molecule is C#CC(O/N=C1/c2cc(OC)c(OC)cc2-c2[nH]c3ccc(N(C)CCN(C)C)cc3c21)c1cccs1. The molecule has 37 heavy (non-hydrogen) atoms. The Morgan fingerprint density at radius 3 is 2.43 bits per heavy atom. The molecule has 2 heterocycles. The molecule has 1 atom stereocenters. The number of H-pyrrole nitrogens is 1. The van der Waals surface area contributed by atoms with Gasteiger partial charge in [-0.25, -0.2) is 0 Å². The number of ether oxygens (including phenoxy) is 2. The number of benzene rings is 2. The number of nitrogens with zero attached hydrogens (tertiary/aromatic N) is 3. The summed E-state index contributed by atoms with van der Waals surface area (Å²) in [4.78, 5) is 14.9. The topological polar surface area (TPSA) is 62.3 Å². The van der Waals surface area contributed by atoms with Gasteiger partial charge in [0, 0.05) is 53.4 Å². The van der Waals surface area contributed by atoms with Gasteiger partial charge in [-0.2, -0.15) is 0 Å². The van der Waals surface area contributed by atoms with Crippen molar-refractivity contribution in [2.45, 2.75) is 6.10 Å². The van der Waals surface area contributed by atoms with Crippen molar-refractivity contribution in [2.24, 2.45) is 5.16 Å². The number of hydrogen-bond acceptors (Lipinski definition) is 7. The number of aromatic amines is 1. The Bertz CT molecular complexity index is 1500. The summed E-state index contributed by atoms with van der Waals surface area (Å²) in [7, 11) is 9.54. The van der Waals surface area contributed by atoms with Crippen LogP contribution in [0.5, 0.6) is 11.5 Å².